The van der Waals surface area contributed by atoms with Crippen molar-refractivity contribution in [2.45, 2.75) is 19.6 Å². The third kappa shape index (κ3) is 3.02. The number of hydrogen-bond acceptors (Lipinski definition) is 3. The smallest absolute Gasteiger partial charge is 0.115 e. The fourth-order valence-electron chi connectivity index (χ4n) is 1.83. The lowest BCUT2D eigenvalue weighted by molar-refractivity contribution is 0.200. The molecule has 3 heteroatoms. The average Bonchev–Trinajstić information content (AvgIpc) is 2.38. The Balaban J connectivity index is 2.08. The zero-order valence-electron chi connectivity index (χ0n) is 10.3. The molecule has 2 aromatic rings. The fraction of sp³-hybridized carbons (Fsp3) is 0.200. The van der Waals surface area contributed by atoms with Crippen LogP contribution in [-0.4, -0.2) is 10.2 Å². The molecular formula is C15H17NO2. The van der Waals surface area contributed by atoms with Crippen molar-refractivity contribution in [3.63, 3.8) is 0 Å². The topological polar surface area (TPSA) is 52.5 Å². The molecule has 94 valence electrons. The normalized spacial score (nSPS) is 12.1. The van der Waals surface area contributed by atoms with Crippen molar-refractivity contribution >= 4 is 5.69 Å². The Morgan fingerprint density at radius 1 is 1.06 bits per heavy atom. The lowest BCUT2D eigenvalue weighted by atomic mass is 10.1. The summed E-state index contributed by atoms with van der Waals surface area (Å²) in [4.78, 5) is 0. The summed E-state index contributed by atoms with van der Waals surface area (Å²) in [5.41, 5.74) is 2.89. The lowest BCUT2D eigenvalue weighted by Crippen LogP contribution is -2.03. The van der Waals surface area contributed by atoms with E-state index in [1.165, 1.54) is 0 Å². The molecule has 0 aromatic heterocycles. The largest absolute Gasteiger partial charge is 0.508 e. The molecule has 0 fully saturated rings. The predicted octanol–water partition coefficient (Wildman–Crippen LogP) is 3.06. The highest BCUT2D eigenvalue weighted by Gasteiger charge is 2.06. The van der Waals surface area contributed by atoms with Gasteiger partial charge >= 0.3 is 0 Å². The number of aromatic hydroxyl groups is 1. The van der Waals surface area contributed by atoms with Gasteiger partial charge in [0, 0.05) is 17.8 Å². The highest BCUT2D eigenvalue weighted by atomic mass is 16.3. The van der Waals surface area contributed by atoms with Gasteiger partial charge in [-0.05, 0) is 30.7 Å². The van der Waals surface area contributed by atoms with Crippen LogP contribution in [0.3, 0.4) is 0 Å². The molecule has 0 aliphatic rings. The Hall–Kier alpha value is -2.00. The zero-order valence-corrected chi connectivity index (χ0v) is 10.3. The van der Waals surface area contributed by atoms with Crippen LogP contribution in [0.5, 0.6) is 5.75 Å². The second kappa shape index (κ2) is 5.56. The number of para-hydroxylation sites is 1. The Kier molecular flexibility index (Phi) is 3.85. The van der Waals surface area contributed by atoms with Gasteiger partial charge in [0.2, 0.25) is 0 Å². The van der Waals surface area contributed by atoms with Crippen molar-refractivity contribution < 1.29 is 10.2 Å². The standard InChI is InChI=1S/C15H17NO2/c1-11(17)14-4-2-3-5-15(14)16-10-12-6-8-13(18)9-7-12/h2-9,11,16-18H,10H2,1H3. The lowest BCUT2D eigenvalue weighted by Gasteiger charge is -2.13. The Morgan fingerprint density at radius 2 is 1.72 bits per heavy atom. The molecule has 1 atom stereocenters. The first kappa shape index (κ1) is 12.5. The molecule has 1 unspecified atom stereocenters. The third-order valence-electron chi connectivity index (χ3n) is 2.83. The van der Waals surface area contributed by atoms with E-state index in [-0.39, 0.29) is 5.75 Å². The van der Waals surface area contributed by atoms with Crippen molar-refractivity contribution in [2.75, 3.05) is 5.32 Å². The number of aliphatic hydroxyl groups excluding tert-OH is 1. The first-order valence-corrected chi connectivity index (χ1v) is 5.95. The van der Waals surface area contributed by atoms with E-state index < -0.39 is 6.10 Å². The number of hydrogen-bond donors (Lipinski definition) is 3. The van der Waals surface area contributed by atoms with Gasteiger partial charge in [-0.25, -0.2) is 0 Å². The molecule has 3 nitrogen and oxygen atoms in total. The molecule has 18 heavy (non-hydrogen) atoms. The molecule has 0 saturated carbocycles. The van der Waals surface area contributed by atoms with Gasteiger partial charge in [-0.15, -0.1) is 0 Å². The van der Waals surface area contributed by atoms with Gasteiger partial charge in [0.25, 0.3) is 0 Å². The quantitative estimate of drug-likeness (QED) is 0.773. The highest BCUT2D eigenvalue weighted by Crippen LogP contribution is 2.22. The van der Waals surface area contributed by atoms with Crippen molar-refractivity contribution in [1.29, 1.82) is 0 Å². The molecule has 3 N–H and O–H groups in total. The summed E-state index contributed by atoms with van der Waals surface area (Å²) in [7, 11) is 0. The van der Waals surface area contributed by atoms with E-state index in [2.05, 4.69) is 5.32 Å². The van der Waals surface area contributed by atoms with Gasteiger partial charge in [0.15, 0.2) is 0 Å². The number of anilines is 1. The van der Waals surface area contributed by atoms with Crippen molar-refractivity contribution in [3.8, 4) is 5.75 Å². The SMILES string of the molecule is CC(O)c1ccccc1NCc1ccc(O)cc1. The Bertz CT molecular complexity index is 506. The molecule has 0 bridgehead atoms. The zero-order chi connectivity index (χ0) is 13.0. The number of benzene rings is 2. The molecule has 2 aromatic carbocycles. The van der Waals surface area contributed by atoms with E-state index in [0.29, 0.717) is 6.54 Å². The van der Waals surface area contributed by atoms with Gasteiger partial charge in [-0.3, -0.25) is 0 Å². The maximum absolute atomic E-state index is 9.67. The number of aliphatic hydroxyl groups is 1. The van der Waals surface area contributed by atoms with Crippen LogP contribution in [0, 0.1) is 0 Å². The summed E-state index contributed by atoms with van der Waals surface area (Å²) >= 11 is 0. The first-order chi connectivity index (χ1) is 8.66. The molecule has 0 aliphatic heterocycles. The van der Waals surface area contributed by atoms with E-state index in [4.69, 9.17) is 0 Å². The average molecular weight is 243 g/mol. The maximum Gasteiger partial charge on any atom is 0.115 e. The molecule has 0 aliphatic carbocycles. The van der Waals surface area contributed by atoms with E-state index in [0.717, 1.165) is 16.8 Å². The minimum absolute atomic E-state index is 0.267. The minimum atomic E-state index is -0.492. The van der Waals surface area contributed by atoms with Crippen molar-refractivity contribution in [2.24, 2.45) is 0 Å². The highest BCUT2D eigenvalue weighted by molar-refractivity contribution is 5.52. The molecule has 0 spiro atoms. The number of phenolic OH excluding ortho intramolecular Hbond substituents is 1. The second-order valence-corrected chi connectivity index (χ2v) is 4.28. The monoisotopic (exact) mass is 243 g/mol. The van der Waals surface area contributed by atoms with Crippen LogP contribution in [0.2, 0.25) is 0 Å². The first-order valence-electron chi connectivity index (χ1n) is 5.95. The maximum atomic E-state index is 9.67. The van der Waals surface area contributed by atoms with Crippen LogP contribution >= 0.6 is 0 Å². The van der Waals surface area contributed by atoms with Gasteiger partial charge < -0.3 is 15.5 Å². The Morgan fingerprint density at radius 3 is 2.39 bits per heavy atom. The summed E-state index contributed by atoms with van der Waals surface area (Å²) in [6.45, 7) is 2.41. The fourth-order valence-corrected chi connectivity index (χ4v) is 1.83. The van der Waals surface area contributed by atoms with E-state index in [1.807, 2.05) is 36.4 Å². The number of rotatable bonds is 4. The van der Waals surface area contributed by atoms with Crippen LogP contribution in [0.1, 0.15) is 24.2 Å². The predicted molar refractivity (Wildman–Crippen MR) is 72.5 cm³/mol. The molecular weight excluding hydrogens is 226 g/mol. The van der Waals surface area contributed by atoms with Crippen LogP contribution in [0.15, 0.2) is 48.5 Å². The molecule has 0 heterocycles. The van der Waals surface area contributed by atoms with Crippen LogP contribution in [-0.2, 0) is 6.54 Å². The number of phenols is 1. The van der Waals surface area contributed by atoms with Crippen molar-refractivity contribution in [3.05, 3.63) is 59.7 Å². The summed E-state index contributed by atoms with van der Waals surface area (Å²) in [6, 6.07) is 14.8. The summed E-state index contributed by atoms with van der Waals surface area (Å²) in [5, 5.41) is 22.2. The summed E-state index contributed by atoms with van der Waals surface area (Å²) in [5.74, 6) is 0.267. The van der Waals surface area contributed by atoms with Crippen LogP contribution in [0.25, 0.3) is 0 Å². The molecule has 0 radical (unpaired) electrons. The second-order valence-electron chi connectivity index (χ2n) is 4.28. The van der Waals surface area contributed by atoms with Gasteiger partial charge in [-0.1, -0.05) is 30.3 Å². The van der Waals surface area contributed by atoms with Gasteiger partial charge in [0.05, 0.1) is 6.10 Å². The van der Waals surface area contributed by atoms with E-state index >= 15 is 0 Å². The van der Waals surface area contributed by atoms with Crippen LogP contribution in [0.4, 0.5) is 5.69 Å². The summed E-state index contributed by atoms with van der Waals surface area (Å²) in [6.07, 6.45) is -0.492. The molecule has 2 rings (SSSR count). The van der Waals surface area contributed by atoms with Crippen molar-refractivity contribution in [1.82, 2.24) is 0 Å². The number of nitrogens with one attached hydrogen (secondary N) is 1. The Labute approximate surface area is 107 Å². The van der Waals surface area contributed by atoms with Gasteiger partial charge in [-0.2, -0.15) is 0 Å². The minimum Gasteiger partial charge on any atom is -0.508 e. The van der Waals surface area contributed by atoms with Gasteiger partial charge in [0.1, 0.15) is 5.75 Å². The third-order valence-corrected chi connectivity index (χ3v) is 2.83. The molecule has 0 saturated heterocycles. The van der Waals surface area contributed by atoms with E-state index in [1.54, 1.807) is 19.1 Å². The molecule has 0 amide bonds. The van der Waals surface area contributed by atoms with Crippen LogP contribution < -0.4 is 5.32 Å². The van der Waals surface area contributed by atoms with E-state index in [9.17, 15) is 10.2 Å². The summed E-state index contributed by atoms with van der Waals surface area (Å²) < 4.78 is 0.